The minimum atomic E-state index is -0.368. The number of aromatic nitrogens is 2. The van der Waals surface area contributed by atoms with Gasteiger partial charge in [0.05, 0.1) is 18.9 Å². The molecule has 0 saturated carbocycles. The van der Waals surface area contributed by atoms with Crippen LogP contribution in [0.4, 0.5) is 4.39 Å². The molecule has 23 heavy (non-hydrogen) atoms. The molecule has 1 N–H and O–H groups in total. The van der Waals surface area contributed by atoms with Crippen LogP contribution in [0.1, 0.15) is 16.2 Å². The van der Waals surface area contributed by atoms with Crippen LogP contribution in [0.2, 0.25) is 0 Å². The first-order valence-electron chi connectivity index (χ1n) is 7.28. The SMILES string of the molecule is COCCN(CCO)C(=O)c1cc(C)n(-c2cccc(F)c2)n1. The maximum Gasteiger partial charge on any atom is 0.274 e. The number of nitrogens with zero attached hydrogens (tertiary/aromatic N) is 3. The molecule has 2 aromatic rings. The van der Waals surface area contributed by atoms with Crippen molar-refractivity contribution in [1.29, 1.82) is 0 Å². The highest BCUT2D eigenvalue weighted by Gasteiger charge is 2.19. The number of rotatable bonds is 7. The molecule has 2 rings (SSSR count). The lowest BCUT2D eigenvalue weighted by atomic mass is 10.3. The quantitative estimate of drug-likeness (QED) is 0.837. The maximum atomic E-state index is 13.4. The fraction of sp³-hybridized carbons (Fsp3) is 0.375. The van der Waals surface area contributed by atoms with Gasteiger partial charge in [-0.25, -0.2) is 9.07 Å². The van der Waals surface area contributed by atoms with E-state index in [1.165, 1.54) is 21.7 Å². The molecule has 0 aliphatic carbocycles. The molecule has 7 heteroatoms. The Morgan fingerprint density at radius 1 is 1.39 bits per heavy atom. The number of carbonyl (C=O) groups excluding carboxylic acids is 1. The molecule has 1 amide bonds. The Hall–Kier alpha value is -2.25. The van der Waals surface area contributed by atoms with E-state index in [1.807, 2.05) is 0 Å². The van der Waals surface area contributed by atoms with Gasteiger partial charge in [-0.3, -0.25) is 4.79 Å². The van der Waals surface area contributed by atoms with E-state index >= 15 is 0 Å². The van der Waals surface area contributed by atoms with Gasteiger partial charge in [-0.15, -0.1) is 0 Å². The number of hydrogen-bond donors (Lipinski definition) is 1. The van der Waals surface area contributed by atoms with Crippen LogP contribution in [0.5, 0.6) is 0 Å². The number of aliphatic hydroxyl groups excluding tert-OH is 1. The standard InChI is InChI=1S/C16H20FN3O3/c1-12-10-15(16(22)19(6-8-21)7-9-23-2)18-20(12)14-5-3-4-13(17)11-14/h3-5,10-11,21H,6-9H2,1-2H3. The summed E-state index contributed by atoms with van der Waals surface area (Å²) in [5, 5.41) is 13.4. The molecule has 0 saturated heterocycles. The molecular weight excluding hydrogens is 301 g/mol. The Morgan fingerprint density at radius 2 is 2.17 bits per heavy atom. The van der Waals surface area contributed by atoms with Crippen LogP contribution < -0.4 is 0 Å². The highest BCUT2D eigenvalue weighted by molar-refractivity contribution is 5.92. The molecule has 0 aliphatic heterocycles. The van der Waals surface area contributed by atoms with Gasteiger partial charge in [0.1, 0.15) is 5.82 Å². The molecule has 0 bridgehead atoms. The average molecular weight is 321 g/mol. The van der Waals surface area contributed by atoms with Crippen LogP contribution in [0.25, 0.3) is 5.69 Å². The minimum absolute atomic E-state index is 0.140. The second-order valence-electron chi connectivity index (χ2n) is 5.07. The maximum absolute atomic E-state index is 13.4. The lowest BCUT2D eigenvalue weighted by molar-refractivity contribution is 0.0650. The zero-order chi connectivity index (χ0) is 16.8. The van der Waals surface area contributed by atoms with Gasteiger partial charge in [-0.2, -0.15) is 5.10 Å². The third-order valence-electron chi connectivity index (χ3n) is 3.38. The van der Waals surface area contributed by atoms with E-state index in [1.54, 1.807) is 32.2 Å². The molecule has 0 radical (unpaired) electrons. The molecule has 1 aromatic carbocycles. The van der Waals surface area contributed by atoms with Crippen molar-refractivity contribution in [2.45, 2.75) is 6.92 Å². The van der Waals surface area contributed by atoms with Gasteiger partial charge in [0.15, 0.2) is 5.69 Å². The third-order valence-corrected chi connectivity index (χ3v) is 3.38. The van der Waals surface area contributed by atoms with Crippen molar-refractivity contribution in [2.24, 2.45) is 0 Å². The Bertz CT molecular complexity index is 672. The van der Waals surface area contributed by atoms with Gasteiger partial charge >= 0.3 is 0 Å². The topological polar surface area (TPSA) is 67.6 Å². The van der Waals surface area contributed by atoms with Gasteiger partial charge in [0.2, 0.25) is 0 Å². The Labute approximate surface area is 134 Å². The first-order chi connectivity index (χ1) is 11.1. The summed E-state index contributed by atoms with van der Waals surface area (Å²) in [6.45, 7) is 2.59. The van der Waals surface area contributed by atoms with Crippen molar-refractivity contribution in [3.05, 3.63) is 47.5 Å². The van der Waals surface area contributed by atoms with Gasteiger partial charge in [0.25, 0.3) is 5.91 Å². The summed E-state index contributed by atoms with van der Waals surface area (Å²) in [5.41, 5.74) is 1.51. The van der Waals surface area contributed by atoms with Crippen molar-refractivity contribution in [2.75, 3.05) is 33.4 Å². The lowest BCUT2D eigenvalue weighted by Gasteiger charge is -2.20. The molecule has 0 spiro atoms. The highest BCUT2D eigenvalue weighted by atomic mass is 19.1. The van der Waals surface area contributed by atoms with Crippen molar-refractivity contribution < 1.29 is 19.0 Å². The summed E-state index contributed by atoms with van der Waals surface area (Å²) in [7, 11) is 1.55. The van der Waals surface area contributed by atoms with Gasteiger partial charge in [-0.1, -0.05) is 6.07 Å². The lowest BCUT2D eigenvalue weighted by Crippen LogP contribution is -2.36. The molecular formula is C16H20FN3O3. The van der Waals surface area contributed by atoms with E-state index in [-0.39, 0.29) is 30.6 Å². The van der Waals surface area contributed by atoms with E-state index in [0.29, 0.717) is 18.8 Å². The number of methoxy groups -OCH3 is 1. The molecule has 6 nitrogen and oxygen atoms in total. The third kappa shape index (κ3) is 4.14. The van der Waals surface area contributed by atoms with Crippen molar-refractivity contribution in [3.8, 4) is 5.69 Å². The summed E-state index contributed by atoms with van der Waals surface area (Å²) >= 11 is 0. The van der Waals surface area contributed by atoms with Crippen molar-refractivity contribution >= 4 is 5.91 Å². The number of hydrogen-bond acceptors (Lipinski definition) is 4. The predicted octanol–water partition coefficient (Wildman–Crippen LogP) is 1.40. The number of amides is 1. The predicted molar refractivity (Wildman–Crippen MR) is 83.1 cm³/mol. The van der Waals surface area contributed by atoms with E-state index < -0.39 is 0 Å². The molecule has 0 fully saturated rings. The van der Waals surface area contributed by atoms with Crippen LogP contribution >= 0.6 is 0 Å². The van der Waals surface area contributed by atoms with Gasteiger partial charge < -0.3 is 14.7 Å². The second kappa shape index (κ2) is 7.85. The fourth-order valence-corrected chi connectivity index (χ4v) is 2.25. The van der Waals surface area contributed by atoms with Gasteiger partial charge in [-0.05, 0) is 31.2 Å². The van der Waals surface area contributed by atoms with E-state index in [0.717, 1.165) is 5.69 Å². The molecule has 1 heterocycles. The zero-order valence-corrected chi connectivity index (χ0v) is 13.2. The molecule has 0 atom stereocenters. The van der Waals surface area contributed by atoms with Crippen LogP contribution in [-0.4, -0.2) is 59.1 Å². The van der Waals surface area contributed by atoms with Crippen LogP contribution in [0, 0.1) is 12.7 Å². The summed E-state index contributed by atoms with van der Waals surface area (Å²) < 4.78 is 19.9. The van der Waals surface area contributed by atoms with Crippen LogP contribution in [-0.2, 0) is 4.74 Å². The number of aliphatic hydroxyl groups is 1. The van der Waals surface area contributed by atoms with E-state index in [9.17, 15) is 9.18 Å². The zero-order valence-electron chi connectivity index (χ0n) is 13.2. The van der Waals surface area contributed by atoms with Crippen LogP contribution in [0.3, 0.4) is 0 Å². The first-order valence-corrected chi connectivity index (χ1v) is 7.28. The molecule has 0 unspecified atom stereocenters. The monoisotopic (exact) mass is 321 g/mol. The molecule has 124 valence electrons. The smallest absolute Gasteiger partial charge is 0.274 e. The second-order valence-corrected chi connectivity index (χ2v) is 5.07. The summed E-state index contributed by atoms with van der Waals surface area (Å²) in [4.78, 5) is 14.0. The number of aryl methyl sites for hydroxylation is 1. The molecule has 1 aromatic heterocycles. The van der Waals surface area contributed by atoms with E-state index in [4.69, 9.17) is 9.84 Å². The number of carbonyl (C=O) groups is 1. The van der Waals surface area contributed by atoms with E-state index in [2.05, 4.69) is 5.10 Å². The van der Waals surface area contributed by atoms with Crippen molar-refractivity contribution in [1.82, 2.24) is 14.7 Å². The Balaban J connectivity index is 2.26. The summed E-state index contributed by atoms with van der Waals surface area (Å²) in [6.07, 6.45) is 0. The minimum Gasteiger partial charge on any atom is -0.395 e. The average Bonchev–Trinajstić information content (AvgIpc) is 2.92. The number of benzene rings is 1. The number of ether oxygens (including phenoxy) is 1. The Kier molecular flexibility index (Phi) is 5.84. The normalized spacial score (nSPS) is 10.8. The molecule has 0 aliphatic rings. The number of halogens is 1. The first kappa shape index (κ1) is 17.1. The fourth-order valence-electron chi connectivity index (χ4n) is 2.25. The summed E-state index contributed by atoms with van der Waals surface area (Å²) in [6, 6.07) is 7.65. The van der Waals surface area contributed by atoms with Crippen molar-refractivity contribution in [3.63, 3.8) is 0 Å². The Morgan fingerprint density at radius 3 is 2.83 bits per heavy atom. The largest absolute Gasteiger partial charge is 0.395 e. The van der Waals surface area contributed by atoms with Gasteiger partial charge in [0, 0.05) is 25.9 Å². The highest BCUT2D eigenvalue weighted by Crippen LogP contribution is 2.14. The summed E-state index contributed by atoms with van der Waals surface area (Å²) in [5.74, 6) is -0.665. The van der Waals surface area contributed by atoms with Crippen LogP contribution in [0.15, 0.2) is 30.3 Å².